The van der Waals surface area contributed by atoms with Crippen LogP contribution in [0.2, 0.25) is 0 Å². The molecule has 0 aliphatic carbocycles. The Balaban J connectivity index is 2.14. The van der Waals surface area contributed by atoms with Crippen molar-refractivity contribution in [1.29, 1.82) is 0 Å². The molecule has 1 unspecified atom stereocenters. The predicted molar refractivity (Wildman–Crippen MR) is 68.8 cm³/mol. The highest BCUT2D eigenvalue weighted by Gasteiger charge is 2.36. The molecule has 2 rings (SSSR count). The van der Waals surface area contributed by atoms with Gasteiger partial charge in [0, 0.05) is 6.08 Å². The Labute approximate surface area is 114 Å². The number of rotatable bonds is 3. The lowest BCUT2D eigenvalue weighted by molar-refractivity contribution is -0.151. The number of ketones is 2. The number of hydrogen-bond donors (Lipinski definition) is 0. The van der Waals surface area contributed by atoms with Gasteiger partial charge in [-0.3, -0.25) is 14.4 Å². The summed E-state index contributed by atoms with van der Waals surface area (Å²) in [5.74, 6) is -3.79. The lowest BCUT2D eigenvalue weighted by Gasteiger charge is -2.15. The number of halogens is 1. The molecule has 0 aromatic heterocycles. The van der Waals surface area contributed by atoms with Crippen LogP contribution in [-0.2, 0) is 19.1 Å². The van der Waals surface area contributed by atoms with E-state index < -0.39 is 23.5 Å². The first-order chi connectivity index (χ1) is 9.47. The van der Waals surface area contributed by atoms with Gasteiger partial charge in [-0.25, -0.2) is 4.39 Å². The van der Waals surface area contributed by atoms with Gasteiger partial charge in [0.15, 0.2) is 17.5 Å². The summed E-state index contributed by atoms with van der Waals surface area (Å²) in [7, 11) is 0. The normalized spacial score (nSPS) is 18.9. The van der Waals surface area contributed by atoms with E-state index in [2.05, 4.69) is 0 Å². The van der Waals surface area contributed by atoms with Gasteiger partial charge >= 0.3 is 5.97 Å². The highest BCUT2D eigenvalue weighted by molar-refractivity contribution is 6.25. The zero-order valence-corrected chi connectivity index (χ0v) is 10.6. The minimum Gasteiger partial charge on any atom is -0.430 e. The van der Waals surface area contributed by atoms with Crippen molar-refractivity contribution in [1.82, 2.24) is 0 Å². The third-order valence-corrected chi connectivity index (χ3v) is 2.72. The van der Waals surface area contributed by atoms with Crippen LogP contribution >= 0.6 is 0 Å². The lowest BCUT2D eigenvalue weighted by atomic mass is 9.96. The first-order valence-electron chi connectivity index (χ1n) is 5.89. The van der Waals surface area contributed by atoms with Crippen LogP contribution in [0.25, 0.3) is 6.08 Å². The number of ether oxygens (including phenoxy) is 1. The van der Waals surface area contributed by atoms with E-state index in [9.17, 15) is 18.8 Å². The van der Waals surface area contributed by atoms with E-state index in [1.807, 2.05) is 0 Å². The third-order valence-electron chi connectivity index (χ3n) is 2.72. The van der Waals surface area contributed by atoms with E-state index in [1.165, 1.54) is 37.3 Å². The summed E-state index contributed by atoms with van der Waals surface area (Å²) in [5, 5.41) is 0. The molecule has 1 aliphatic rings. The second-order valence-electron chi connectivity index (χ2n) is 4.30. The standard InChI is InChI=1S/C15H11FO4/c1-9-8-13(18)14(15(19)20-9)12(17)7-4-10-2-5-11(16)6-3-10/h2-8,14H,1H3/b7-4+. The fourth-order valence-corrected chi connectivity index (χ4v) is 1.75. The zero-order valence-electron chi connectivity index (χ0n) is 10.6. The van der Waals surface area contributed by atoms with Crippen LogP contribution in [-0.4, -0.2) is 17.5 Å². The fourth-order valence-electron chi connectivity index (χ4n) is 1.75. The van der Waals surface area contributed by atoms with Crippen molar-refractivity contribution >= 4 is 23.6 Å². The van der Waals surface area contributed by atoms with Gasteiger partial charge in [0.1, 0.15) is 11.6 Å². The van der Waals surface area contributed by atoms with Crippen LogP contribution in [0.5, 0.6) is 0 Å². The van der Waals surface area contributed by atoms with Gasteiger partial charge in [-0.15, -0.1) is 0 Å². The van der Waals surface area contributed by atoms with Crippen LogP contribution in [0.1, 0.15) is 12.5 Å². The van der Waals surface area contributed by atoms with Gasteiger partial charge in [-0.1, -0.05) is 18.2 Å². The smallest absolute Gasteiger partial charge is 0.329 e. The average molecular weight is 274 g/mol. The monoisotopic (exact) mass is 274 g/mol. The number of hydrogen-bond acceptors (Lipinski definition) is 4. The Hall–Kier alpha value is -2.56. The molecule has 0 amide bonds. The maximum absolute atomic E-state index is 12.7. The van der Waals surface area contributed by atoms with Gasteiger partial charge in [0.05, 0.1) is 0 Å². The van der Waals surface area contributed by atoms with Gasteiger partial charge in [-0.2, -0.15) is 0 Å². The summed E-state index contributed by atoms with van der Waals surface area (Å²) in [6, 6.07) is 5.45. The third kappa shape index (κ3) is 3.06. The molecule has 1 atom stereocenters. The Morgan fingerprint density at radius 2 is 1.90 bits per heavy atom. The van der Waals surface area contributed by atoms with E-state index in [0.717, 1.165) is 12.2 Å². The molecule has 102 valence electrons. The second-order valence-corrected chi connectivity index (χ2v) is 4.30. The van der Waals surface area contributed by atoms with Crippen LogP contribution in [0.3, 0.4) is 0 Å². The van der Waals surface area contributed by atoms with Crippen LogP contribution < -0.4 is 0 Å². The molecule has 0 saturated carbocycles. The van der Waals surface area contributed by atoms with E-state index in [0.29, 0.717) is 5.56 Å². The highest BCUT2D eigenvalue weighted by atomic mass is 19.1. The van der Waals surface area contributed by atoms with Gasteiger partial charge in [0.25, 0.3) is 0 Å². The number of esters is 1. The largest absolute Gasteiger partial charge is 0.430 e. The van der Waals surface area contributed by atoms with E-state index in [4.69, 9.17) is 4.74 Å². The summed E-state index contributed by atoms with van der Waals surface area (Å²) in [4.78, 5) is 35.0. The minimum atomic E-state index is -1.45. The molecule has 0 bridgehead atoms. The van der Waals surface area contributed by atoms with Crippen LogP contribution in [0.4, 0.5) is 4.39 Å². The first kappa shape index (κ1) is 13.9. The molecule has 0 saturated heterocycles. The van der Waals surface area contributed by atoms with E-state index in [1.54, 1.807) is 0 Å². The van der Waals surface area contributed by atoms with Gasteiger partial charge in [0.2, 0.25) is 0 Å². The van der Waals surface area contributed by atoms with E-state index in [-0.39, 0.29) is 11.6 Å². The number of carbonyl (C=O) groups excluding carboxylic acids is 3. The summed E-state index contributed by atoms with van der Waals surface area (Å²) < 4.78 is 17.5. The SMILES string of the molecule is CC1=CC(=O)C(C(=O)/C=C/c2ccc(F)cc2)C(=O)O1. The molecule has 5 heteroatoms. The maximum atomic E-state index is 12.7. The summed E-state index contributed by atoms with van der Waals surface area (Å²) in [5.41, 5.74) is 0.586. The Morgan fingerprint density at radius 1 is 1.25 bits per heavy atom. The molecule has 1 aromatic carbocycles. The van der Waals surface area contributed by atoms with Gasteiger partial charge in [-0.05, 0) is 30.7 Å². The summed E-state index contributed by atoms with van der Waals surface area (Å²) >= 11 is 0. The second kappa shape index (κ2) is 5.61. The first-order valence-corrected chi connectivity index (χ1v) is 5.89. The fraction of sp³-hybridized carbons (Fsp3) is 0.133. The predicted octanol–water partition coefficient (Wildman–Crippen LogP) is 2.05. The van der Waals surface area contributed by atoms with Crippen molar-refractivity contribution in [3.05, 3.63) is 53.6 Å². The molecule has 1 aliphatic heterocycles. The molecule has 1 heterocycles. The minimum absolute atomic E-state index is 0.173. The summed E-state index contributed by atoms with van der Waals surface area (Å²) in [6.07, 6.45) is 3.65. The number of carbonyl (C=O) groups is 3. The van der Waals surface area contributed by atoms with E-state index >= 15 is 0 Å². The van der Waals surface area contributed by atoms with Crippen LogP contribution in [0, 0.1) is 11.7 Å². The molecule has 1 aromatic rings. The number of allylic oxidation sites excluding steroid dienone is 3. The zero-order chi connectivity index (χ0) is 14.7. The highest BCUT2D eigenvalue weighted by Crippen LogP contribution is 2.16. The van der Waals surface area contributed by atoms with Crippen LogP contribution in [0.15, 0.2) is 42.2 Å². The van der Waals surface area contributed by atoms with Crippen molar-refractivity contribution in [2.75, 3.05) is 0 Å². The topological polar surface area (TPSA) is 60.4 Å². The molecule has 0 radical (unpaired) electrons. The van der Waals surface area contributed by atoms with Crippen molar-refractivity contribution in [3.8, 4) is 0 Å². The average Bonchev–Trinajstić information content (AvgIpc) is 2.37. The Kier molecular flexibility index (Phi) is 3.89. The number of cyclic esters (lactones) is 1. The number of benzene rings is 1. The maximum Gasteiger partial charge on any atom is 0.329 e. The lowest BCUT2D eigenvalue weighted by Crippen LogP contribution is -2.34. The molecule has 0 spiro atoms. The molecule has 0 N–H and O–H groups in total. The molecule has 4 nitrogen and oxygen atoms in total. The molecular weight excluding hydrogens is 263 g/mol. The van der Waals surface area contributed by atoms with Crippen molar-refractivity contribution in [2.24, 2.45) is 5.92 Å². The van der Waals surface area contributed by atoms with Crippen molar-refractivity contribution < 1.29 is 23.5 Å². The quantitative estimate of drug-likeness (QED) is 0.481. The molecule has 0 fully saturated rings. The molecule has 20 heavy (non-hydrogen) atoms. The Morgan fingerprint density at radius 3 is 2.50 bits per heavy atom. The van der Waals surface area contributed by atoms with Crippen molar-refractivity contribution in [3.63, 3.8) is 0 Å². The summed E-state index contributed by atoms with van der Waals surface area (Å²) in [6.45, 7) is 1.46. The van der Waals surface area contributed by atoms with Gasteiger partial charge < -0.3 is 4.74 Å². The molecular formula is C15H11FO4. The van der Waals surface area contributed by atoms with Crippen molar-refractivity contribution in [2.45, 2.75) is 6.92 Å². The Bertz CT molecular complexity index is 626.